The Morgan fingerprint density at radius 2 is 2.05 bits per heavy atom. The van der Waals surface area contributed by atoms with E-state index < -0.39 is 0 Å². The monoisotopic (exact) mass is 309 g/mol. The molecule has 3 rings (SSSR count). The van der Waals surface area contributed by atoms with Crippen molar-refractivity contribution in [2.24, 2.45) is 5.73 Å². The predicted molar refractivity (Wildman–Crippen MR) is 86.3 cm³/mol. The molecule has 0 bridgehead atoms. The van der Waals surface area contributed by atoms with Gasteiger partial charge in [0.15, 0.2) is 0 Å². The number of benzene rings is 1. The second-order valence-corrected chi connectivity index (χ2v) is 7.55. The van der Waals surface area contributed by atoms with Gasteiger partial charge in [0.2, 0.25) is 0 Å². The van der Waals surface area contributed by atoms with Crippen LogP contribution in [0, 0.1) is 0 Å². The van der Waals surface area contributed by atoms with Gasteiger partial charge in [-0.1, -0.05) is 23.7 Å². The molecule has 2 aromatic rings. The summed E-state index contributed by atoms with van der Waals surface area (Å²) in [6.07, 6.45) is 2.09. The average molecular weight is 310 g/mol. The van der Waals surface area contributed by atoms with Gasteiger partial charge in [0, 0.05) is 26.6 Å². The van der Waals surface area contributed by atoms with E-state index >= 15 is 0 Å². The van der Waals surface area contributed by atoms with Crippen LogP contribution < -0.4 is 5.73 Å². The fourth-order valence-corrected chi connectivity index (χ4v) is 4.83. The first kappa shape index (κ1) is 13.5. The minimum absolute atomic E-state index is 0.0989. The van der Waals surface area contributed by atoms with Gasteiger partial charge in [0.05, 0.1) is 0 Å². The van der Waals surface area contributed by atoms with Gasteiger partial charge < -0.3 is 5.73 Å². The Bertz CT molecular complexity index is 539. The van der Waals surface area contributed by atoms with E-state index in [2.05, 4.69) is 18.2 Å². The summed E-state index contributed by atoms with van der Waals surface area (Å²) in [6.45, 7) is 0. The molecule has 0 saturated heterocycles. The van der Waals surface area contributed by atoms with Crippen molar-refractivity contribution in [3.05, 3.63) is 56.2 Å². The Labute approximate surface area is 127 Å². The van der Waals surface area contributed by atoms with Crippen LogP contribution in [-0.4, -0.2) is 5.75 Å². The smallest absolute Gasteiger partial charge is 0.0430 e. The van der Waals surface area contributed by atoms with Gasteiger partial charge in [-0.25, -0.2) is 0 Å². The van der Waals surface area contributed by atoms with Crippen LogP contribution in [0.15, 0.2) is 30.3 Å². The molecular weight excluding hydrogens is 294 g/mol. The normalized spacial score (nSPS) is 16.1. The molecule has 19 heavy (non-hydrogen) atoms. The molecule has 2 heterocycles. The molecule has 4 heteroatoms. The van der Waals surface area contributed by atoms with Crippen molar-refractivity contribution in [2.45, 2.75) is 24.6 Å². The number of halogens is 1. The number of thioether (sulfide) groups is 1. The van der Waals surface area contributed by atoms with Crippen molar-refractivity contribution in [1.82, 2.24) is 0 Å². The second-order valence-electron chi connectivity index (χ2n) is 4.84. The van der Waals surface area contributed by atoms with Crippen molar-refractivity contribution in [2.75, 3.05) is 5.75 Å². The molecule has 1 unspecified atom stereocenters. The summed E-state index contributed by atoms with van der Waals surface area (Å²) in [4.78, 5) is 2.86. The van der Waals surface area contributed by atoms with Crippen LogP contribution in [0.25, 0.3) is 0 Å². The molecule has 1 aromatic heterocycles. The van der Waals surface area contributed by atoms with Crippen LogP contribution in [0.5, 0.6) is 0 Å². The van der Waals surface area contributed by atoms with Gasteiger partial charge in [-0.05, 0) is 47.9 Å². The predicted octanol–water partition coefficient (Wildman–Crippen LogP) is 4.43. The maximum atomic E-state index is 6.35. The van der Waals surface area contributed by atoms with E-state index in [1.165, 1.54) is 28.2 Å². The number of nitrogens with two attached hydrogens (primary N) is 1. The fraction of sp³-hybridized carbons (Fsp3) is 0.333. The third kappa shape index (κ3) is 3.16. The van der Waals surface area contributed by atoms with E-state index in [1.54, 1.807) is 4.88 Å². The largest absolute Gasteiger partial charge is 0.323 e. The van der Waals surface area contributed by atoms with Crippen LogP contribution in [0.4, 0.5) is 0 Å². The third-order valence-electron chi connectivity index (χ3n) is 3.38. The fourth-order valence-electron chi connectivity index (χ4n) is 2.33. The minimum atomic E-state index is 0.0989. The minimum Gasteiger partial charge on any atom is -0.323 e. The topological polar surface area (TPSA) is 26.0 Å². The Morgan fingerprint density at radius 1 is 1.26 bits per heavy atom. The second kappa shape index (κ2) is 5.88. The van der Waals surface area contributed by atoms with E-state index in [0.29, 0.717) is 0 Å². The van der Waals surface area contributed by atoms with Gasteiger partial charge in [0.1, 0.15) is 0 Å². The number of hydrogen-bond acceptors (Lipinski definition) is 3. The molecule has 2 N–H and O–H groups in total. The van der Waals surface area contributed by atoms with Crippen LogP contribution in [0.3, 0.4) is 0 Å². The van der Waals surface area contributed by atoms with Crippen molar-refractivity contribution < 1.29 is 0 Å². The lowest BCUT2D eigenvalue weighted by Gasteiger charge is -2.09. The summed E-state index contributed by atoms with van der Waals surface area (Å²) in [7, 11) is 0. The Morgan fingerprint density at radius 3 is 2.79 bits per heavy atom. The summed E-state index contributed by atoms with van der Waals surface area (Å²) in [5, 5.41) is 0.779. The van der Waals surface area contributed by atoms with Gasteiger partial charge in [-0.3, -0.25) is 0 Å². The molecule has 0 aliphatic carbocycles. The van der Waals surface area contributed by atoms with Gasteiger partial charge in [-0.2, -0.15) is 11.8 Å². The Hall–Kier alpha value is -0.480. The quantitative estimate of drug-likeness (QED) is 0.907. The molecule has 0 radical (unpaired) electrons. The molecule has 0 fully saturated rings. The van der Waals surface area contributed by atoms with Crippen molar-refractivity contribution in [1.29, 1.82) is 0 Å². The summed E-state index contributed by atoms with van der Waals surface area (Å²) < 4.78 is 0. The van der Waals surface area contributed by atoms with Crippen LogP contribution >= 0.6 is 34.7 Å². The standard InChI is InChI=1S/C15H16ClNS2/c16-12-3-1-10(2-4-12)7-13(17)15-8-11-9-18-6-5-14(11)19-15/h1-4,8,13H,5-7,9,17H2. The van der Waals surface area contributed by atoms with E-state index in [0.717, 1.165) is 17.2 Å². The van der Waals surface area contributed by atoms with E-state index in [4.69, 9.17) is 17.3 Å². The maximum absolute atomic E-state index is 6.35. The number of rotatable bonds is 3. The highest BCUT2D eigenvalue weighted by molar-refractivity contribution is 7.98. The van der Waals surface area contributed by atoms with Crippen LogP contribution in [0.2, 0.25) is 5.02 Å². The lowest BCUT2D eigenvalue weighted by Crippen LogP contribution is -2.11. The number of fused-ring (bicyclic) bond motifs is 1. The lowest BCUT2D eigenvalue weighted by atomic mass is 10.0. The zero-order chi connectivity index (χ0) is 13.2. The molecule has 0 amide bonds. The maximum Gasteiger partial charge on any atom is 0.0430 e. The first-order valence-electron chi connectivity index (χ1n) is 6.41. The molecule has 1 aromatic carbocycles. The summed E-state index contributed by atoms with van der Waals surface area (Å²) in [5.74, 6) is 2.40. The zero-order valence-electron chi connectivity index (χ0n) is 10.6. The molecule has 1 nitrogen and oxygen atoms in total. The molecular formula is C15H16ClNS2. The van der Waals surface area contributed by atoms with Gasteiger partial charge in [0.25, 0.3) is 0 Å². The van der Waals surface area contributed by atoms with E-state index in [9.17, 15) is 0 Å². The average Bonchev–Trinajstić information content (AvgIpc) is 2.85. The summed E-state index contributed by atoms with van der Waals surface area (Å²) in [5.41, 5.74) is 9.10. The number of aryl methyl sites for hydroxylation is 1. The first-order chi connectivity index (χ1) is 9.22. The van der Waals surface area contributed by atoms with Crippen LogP contribution in [-0.2, 0) is 18.6 Å². The van der Waals surface area contributed by atoms with Gasteiger partial charge >= 0.3 is 0 Å². The molecule has 0 saturated carbocycles. The Balaban J connectivity index is 1.74. The van der Waals surface area contributed by atoms with Crippen molar-refractivity contribution in [3.63, 3.8) is 0 Å². The molecule has 1 aliphatic rings. The highest BCUT2D eigenvalue weighted by Gasteiger charge is 2.17. The Kier molecular flexibility index (Phi) is 4.18. The summed E-state index contributed by atoms with van der Waals surface area (Å²) >= 11 is 9.82. The molecule has 0 spiro atoms. The van der Waals surface area contributed by atoms with Crippen molar-refractivity contribution in [3.8, 4) is 0 Å². The SMILES string of the molecule is NC(Cc1ccc(Cl)cc1)c1cc2c(s1)CCSC2. The molecule has 100 valence electrons. The van der Waals surface area contributed by atoms with Gasteiger partial charge in [-0.15, -0.1) is 11.3 Å². The summed E-state index contributed by atoms with van der Waals surface area (Å²) in [6, 6.07) is 10.4. The number of hydrogen-bond donors (Lipinski definition) is 1. The van der Waals surface area contributed by atoms with Crippen molar-refractivity contribution >= 4 is 34.7 Å². The highest BCUT2D eigenvalue weighted by Crippen LogP contribution is 2.34. The first-order valence-corrected chi connectivity index (χ1v) is 8.76. The van der Waals surface area contributed by atoms with E-state index in [1.807, 2.05) is 35.2 Å². The zero-order valence-corrected chi connectivity index (χ0v) is 13.0. The molecule has 1 atom stereocenters. The molecule has 1 aliphatic heterocycles. The number of thiophene rings is 1. The highest BCUT2D eigenvalue weighted by atomic mass is 35.5. The lowest BCUT2D eigenvalue weighted by molar-refractivity contribution is 0.736. The van der Waals surface area contributed by atoms with E-state index in [-0.39, 0.29) is 6.04 Å². The third-order valence-corrected chi connectivity index (χ3v) is 6.01. The van der Waals surface area contributed by atoms with Crippen LogP contribution in [0.1, 0.15) is 26.9 Å².